The minimum absolute atomic E-state index is 0.153. The topological polar surface area (TPSA) is 87.3 Å². The molecule has 6 heteroatoms. The summed E-state index contributed by atoms with van der Waals surface area (Å²) in [6, 6.07) is 22.4. The summed E-state index contributed by atoms with van der Waals surface area (Å²) in [6.07, 6.45) is 2.00. The van der Waals surface area contributed by atoms with Gasteiger partial charge in [-0.15, -0.1) is 0 Å². The van der Waals surface area contributed by atoms with Crippen LogP contribution in [0, 0.1) is 6.92 Å². The number of hydrogen-bond donors (Lipinski definition) is 3. The molecule has 1 atom stereocenters. The van der Waals surface area contributed by atoms with E-state index in [-0.39, 0.29) is 23.8 Å². The van der Waals surface area contributed by atoms with Crippen molar-refractivity contribution < 1.29 is 14.4 Å². The van der Waals surface area contributed by atoms with Crippen LogP contribution in [0.1, 0.15) is 50.7 Å². The smallest absolute Gasteiger partial charge is 0.252 e. The summed E-state index contributed by atoms with van der Waals surface area (Å²) in [5, 5.41) is 8.68. The van der Waals surface area contributed by atoms with E-state index < -0.39 is 6.04 Å². The third-order valence-electron chi connectivity index (χ3n) is 5.38. The number of amides is 3. The van der Waals surface area contributed by atoms with Gasteiger partial charge >= 0.3 is 0 Å². The Morgan fingerprint density at radius 2 is 1.47 bits per heavy atom. The van der Waals surface area contributed by atoms with E-state index in [0.29, 0.717) is 22.4 Å². The van der Waals surface area contributed by atoms with E-state index in [4.69, 9.17) is 0 Å². The van der Waals surface area contributed by atoms with Crippen molar-refractivity contribution in [3.8, 4) is 0 Å². The van der Waals surface area contributed by atoms with Crippen molar-refractivity contribution in [2.45, 2.75) is 31.8 Å². The SMILES string of the molecule is Cc1ccc(C(=O)NC2CC2)cc1NC(=O)C(NC(=O)c1ccccc1)c1ccccc1. The van der Waals surface area contributed by atoms with Gasteiger partial charge in [-0.05, 0) is 55.2 Å². The molecule has 0 aromatic heterocycles. The van der Waals surface area contributed by atoms with Crippen LogP contribution < -0.4 is 16.0 Å². The summed E-state index contributed by atoms with van der Waals surface area (Å²) >= 11 is 0. The maximum atomic E-state index is 13.3. The lowest BCUT2D eigenvalue weighted by Crippen LogP contribution is -2.37. The predicted octanol–water partition coefficient (Wildman–Crippen LogP) is 4.00. The molecule has 1 aliphatic rings. The van der Waals surface area contributed by atoms with Crippen LogP contribution in [0.25, 0.3) is 0 Å². The Balaban J connectivity index is 1.56. The monoisotopic (exact) mass is 427 g/mol. The van der Waals surface area contributed by atoms with E-state index in [0.717, 1.165) is 18.4 Å². The Morgan fingerprint density at radius 1 is 0.812 bits per heavy atom. The number of carbonyl (C=O) groups is 3. The van der Waals surface area contributed by atoms with Crippen molar-refractivity contribution in [3.63, 3.8) is 0 Å². The lowest BCUT2D eigenvalue weighted by atomic mass is 10.0. The molecular formula is C26H25N3O3. The number of aryl methyl sites for hydroxylation is 1. The van der Waals surface area contributed by atoms with Crippen molar-refractivity contribution >= 4 is 23.4 Å². The van der Waals surface area contributed by atoms with Gasteiger partial charge in [0.2, 0.25) is 0 Å². The molecule has 3 aromatic carbocycles. The molecule has 3 N–H and O–H groups in total. The van der Waals surface area contributed by atoms with E-state index in [2.05, 4.69) is 16.0 Å². The lowest BCUT2D eigenvalue weighted by molar-refractivity contribution is -0.118. The molecule has 0 aliphatic heterocycles. The second kappa shape index (κ2) is 9.47. The molecular weight excluding hydrogens is 402 g/mol. The van der Waals surface area contributed by atoms with Crippen LogP contribution in [0.5, 0.6) is 0 Å². The second-order valence-electron chi connectivity index (χ2n) is 7.95. The molecule has 1 aliphatic carbocycles. The Kier molecular flexibility index (Phi) is 6.31. The summed E-state index contributed by atoms with van der Waals surface area (Å²) in [6.45, 7) is 1.86. The van der Waals surface area contributed by atoms with Crippen LogP contribution in [0.3, 0.4) is 0 Å². The third-order valence-corrected chi connectivity index (χ3v) is 5.38. The maximum absolute atomic E-state index is 13.3. The number of anilines is 1. The molecule has 0 bridgehead atoms. The normalized spacial score (nSPS) is 13.7. The van der Waals surface area contributed by atoms with E-state index in [1.807, 2.05) is 31.2 Å². The number of nitrogens with one attached hydrogen (secondary N) is 3. The highest BCUT2D eigenvalue weighted by molar-refractivity contribution is 6.03. The van der Waals surface area contributed by atoms with Crippen LogP contribution >= 0.6 is 0 Å². The largest absolute Gasteiger partial charge is 0.349 e. The lowest BCUT2D eigenvalue weighted by Gasteiger charge is -2.20. The average molecular weight is 428 g/mol. The Labute approximate surface area is 187 Å². The quantitative estimate of drug-likeness (QED) is 0.533. The minimum Gasteiger partial charge on any atom is -0.349 e. The van der Waals surface area contributed by atoms with Gasteiger partial charge in [0.05, 0.1) is 0 Å². The number of benzene rings is 3. The van der Waals surface area contributed by atoms with E-state index in [1.54, 1.807) is 54.6 Å². The van der Waals surface area contributed by atoms with Crippen LogP contribution in [0.2, 0.25) is 0 Å². The van der Waals surface area contributed by atoms with Crippen LogP contribution in [-0.4, -0.2) is 23.8 Å². The molecule has 0 heterocycles. The van der Waals surface area contributed by atoms with Gasteiger partial charge in [0, 0.05) is 22.9 Å². The molecule has 1 fully saturated rings. The van der Waals surface area contributed by atoms with Gasteiger partial charge in [0.1, 0.15) is 6.04 Å². The number of rotatable bonds is 7. The standard InChI is InChI=1S/C26H25N3O3/c1-17-12-13-20(25(31)27-21-14-15-21)16-22(17)28-26(32)23(18-8-4-2-5-9-18)29-24(30)19-10-6-3-7-11-19/h2-13,16,21,23H,14-15H2,1H3,(H,27,31)(H,28,32)(H,29,30). The number of hydrogen-bond acceptors (Lipinski definition) is 3. The maximum Gasteiger partial charge on any atom is 0.252 e. The highest BCUT2D eigenvalue weighted by atomic mass is 16.2. The first kappa shape index (κ1) is 21.3. The molecule has 6 nitrogen and oxygen atoms in total. The molecule has 0 spiro atoms. The summed E-state index contributed by atoms with van der Waals surface area (Å²) in [4.78, 5) is 38.5. The molecule has 32 heavy (non-hydrogen) atoms. The molecule has 162 valence electrons. The average Bonchev–Trinajstić information content (AvgIpc) is 3.63. The van der Waals surface area contributed by atoms with Gasteiger partial charge in [0.25, 0.3) is 17.7 Å². The van der Waals surface area contributed by atoms with Gasteiger partial charge in [-0.25, -0.2) is 0 Å². The molecule has 1 unspecified atom stereocenters. The Morgan fingerprint density at radius 3 is 2.12 bits per heavy atom. The highest BCUT2D eigenvalue weighted by Gasteiger charge is 2.26. The first-order chi connectivity index (χ1) is 15.5. The minimum atomic E-state index is -0.896. The highest BCUT2D eigenvalue weighted by Crippen LogP contribution is 2.23. The molecule has 0 saturated heterocycles. The van der Waals surface area contributed by atoms with Gasteiger partial charge in [0.15, 0.2) is 0 Å². The Hall–Kier alpha value is -3.93. The number of carbonyl (C=O) groups excluding carboxylic acids is 3. The van der Waals surface area contributed by atoms with E-state index in [1.165, 1.54) is 0 Å². The van der Waals surface area contributed by atoms with Gasteiger partial charge in [-0.1, -0.05) is 54.6 Å². The van der Waals surface area contributed by atoms with E-state index >= 15 is 0 Å². The summed E-state index contributed by atoms with van der Waals surface area (Å²) < 4.78 is 0. The molecule has 1 saturated carbocycles. The summed E-state index contributed by atoms with van der Waals surface area (Å²) in [7, 11) is 0. The van der Waals surface area contributed by atoms with Gasteiger partial charge < -0.3 is 16.0 Å². The van der Waals surface area contributed by atoms with Crippen molar-refractivity contribution in [3.05, 3.63) is 101 Å². The van der Waals surface area contributed by atoms with Gasteiger partial charge in [-0.2, -0.15) is 0 Å². The van der Waals surface area contributed by atoms with Gasteiger partial charge in [-0.3, -0.25) is 14.4 Å². The molecule has 4 rings (SSSR count). The Bertz CT molecular complexity index is 1130. The predicted molar refractivity (Wildman–Crippen MR) is 123 cm³/mol. The van der Waals surface area contributed by atoms with Crippen molar-refractivity contribution in [2.24, 2.45) is 0 Å². The van der Waals surface area contributed by atoms with Crippen LogP contribution in [0.4, 0.5) is 5.69 Å². The fourth-order valence-electron chi connectivity index (χ4n) is 3.35. The van der Waals surface area contributed by atoms with Crippen molar-refractivity contribution in [1.29, 1.82) is 0 Å². The van der Waals surface area contributed by atoms with Crippen LogP contribution in [-0.2, 0) is 4.79 Å². The van der Waals surface area contributed by atoms with Crippen LogP contribution in [0.15, 0.2) is 78.9 Å². The first-order valence-corrected chi connectivity index (χ1v) is 10.6. The van der Waals surface area contributed by atoms with Crippen molar-refractivity contribution in [1.82, 2.24) is 10.6 Å². The fraction of sp³-hybridized carbons (Fsp3) is 0.192. The molecule has 3 amide bonds. The second-order valence-corrected chi connectivity index (χ2v) is 7.95. The van der Waals surface area contributed by atoms with E-state index in [9.17, 15) is 14.4 Å². The zero-order chi connectivity index (χ0) is 22.5. The first-order valence-electron chi connectivity index (χ1n) is 10.6. The van der Waals surface area contributed by atoms with Crippen molar-refractivity contribution in [2.75, 3.05) is 5.32 Å². The molecule has 3 aromatic rings. The third kappa shape index (κ3) is 5.21. The zero-order valence-corrected chi connectivity index (χ0v) is 17.8. The fourth-order valence-corrected chi connectivity index (χ4v) is 3.35. The zero-order valence-electron chi connectivity index (χ0n) is 17.8. The summed E-state index contributed by atoms with van der Waals surface area (Å²) in [5.41, 5.74) is 2.98. The molecule has 0 radical (unpaired) electrons. The summed E-state index contributed by atoms with van der Waals surface area (Å²) in [5.74, 6) is -0.882.